The highest BCUT2D eigenvalue weighted by Gasteiger charge is 2.26. The molecule has 166 valence electrons. The van der Waals surface area contributed by atoms with E-state index in [1.54, 1.807) is 17.0 Å². The molecule has 0 aliphatic carbocycles. The summed E-state index contributed by atoms with van der Waals surface area (Å²) in [5.74, 6) is -0.837. The number of rotatable bonds is 6. The Morgan fingerprint density at radius 3 is 2.32 bits per heavy atom. The number of halogens is 1. The van der Waals surface area contributed by atoms with Gasteiger partial charge in [-0.3, -0.25) is 14.3 Å². The van der Waals surface area contributed by atoms with Crippen LogP contribution in [0, 0.1) is 11.7 Å². The molecule has 2 aromatic rings. The molecule has 0 bridgehead atoms. The number of carbonyl (C=O) groups excluding carboxylic acids is 2. The summed E-state index contributed by atoms with van der Waals surface area (Å²) in [5, 5.41) is 2.98. The van der Waals surface area contributed by atoms with Gasteiger partial charge >= 0.3 is 0 Å². The first-order chi connectivity index (χ1) is 14.7. The number of benzene rings is 2. The number of likely N-dealkylation sites (tertiary alicyclic amines) is 1. The third kappa shape index (κ3) is 5.81. The van der Waals surface area contributed by atoms with E-state index in [2.05, 4.69) is 10.0 Å². The second-order valence-electron chi connectivity index (χ2n) is 7.89. The summed E-state index contributed by atoms with van der Waals surface area (Å²) >= 11 is 0. The standard InChI is InChI=1S/C22H26FN3O4S/c1-15(2)21(27)24-19-4-3-13-26(14-19)22(28)16-5-9-18(10-6-16)25-31(29,30)20-11-7-17(23)8-12-20/h5-12,15,19,25H,3-4,13-14H2,1-2H3,(H,24,27). The average molecular weight is 448 g/mol. The zero-order chi connectivity index (χ0) is 22.6. The quantitative estimate of drug-likeness (QED) is 0.712. The van der Waals surface area contributed by atoms with Crippen molar-refractivity contribution in [3.05, 3.63) is 59.9 Å². The molecule has 1 heterocycles. The van der Waals surface area contributed by atoms with Crippen LogP contribution in [0.3, 0.4) is 0 Å². The first kappa shape index (κ1) is 22.7. The van der Waals surface area contributed by atoms with Gasteiger partial charge in [0.25, 0.3) is 15.9 Å². The van der Waals surface area contributed by atoms with Gasteiger partial charge in [0.1, 0.15) is 5.82 Å². The topological polar surface area (TPSA) is 95.6 Å². The van der Waals surface area contributed by atoms with Crippen molar-refractivity contribution in [2.45, 2.75) is 37.6 Å². The Kier molecular flexibility index (Phi) is 6.94. The monoisotopic (exact) mass is 447 g/mol. The SMILES string of the molecule is CC(C)C(=O)NC1CCCN(C(=O)c2ccc(NS(=O)(=O)c3ccc(F)cc3)cc2)C1. The maximum Gasteiger partial charge on any atom is 0.261 e. The van der Waals surface area contributed by atoms with E-state index in [1.807, 2.05) is 13.8 Å². The van der Waals surface area contributed by atoms with Crippen LogP contribution in [0.1, 0.15) is 37.0 Å². The first-order valence-corrected chi connectivity index (χ1v) is 11.6. The summed E-state index contributed by atoms with van der Waals surface area (Å²) < 4.78 is 40.3. The third-order valence-corrected chi connectivity index (χ3v) is 6.48. The van der Waals surface area contributed by atoms with Crippen LogP contribution in [-0.4, -0.2) is 44.3 Å². The predicted molar refractivity (Wildman–Crippen MR) is 116 cm³/mol. The minimum Gasteiger partial charge on any atom is -0.351 e. The van der Waals surface area contributed by atoms with Crippen molar-refractivity contribution >= 4 is 27.5 Å². The summed E-state index contributed by atoms with van der Waals surface area (Å²) in [5.41, 5.74) is 0.724. The zero-order valence-electron chi connectivity index (χ0n) is 17.5. The van der Waals surface area contributed by atoms with Crippen LogP contribution in [0.2, 0.25) is 0 Å². The van der Waals surface area contributed by atoms with Gasteiger partial charge in [-0.05, 0) is 61.4 Å². The third-order valence-electron chi connectivity index (χ3n) is 5.09. The summed E-state index contributed by atoms with van der Waals surface area (Å²) in [4.78, 5) is 26.4. The summed E-state index contributed by atoms with van der Waals surface area (Å²) in [7, 11) is -3.86. The molecule has 31 heavy (non-hydrogen) atoms. The predicted octanol–water partition coefficient (Wildman–Crippen LogP) is 3.00. The Labute approximate surface area is 181 Å². The smallest absolute Gasteiger partial charge is 0.261 e. The molecule has 1 aliphatic rings. The Balaban J connectivity index is 1.64. The summed E-state index contributed by atoms with van der Waals surface area (Å²) in [6.45, 7) is 4.70. The number of nitrogens with zero attached hydrogens (tertiary/aromatic N) is 1. The maximum atomic E-state index is 13.0. The molecule has 1 unspecified atom stereocenters. The van der Waals surface area contributed by atoms with E-state index in [0.29, 0.717) is 24.3 Å². The molecule has 1 atom stereocenters. The summed E-state index contributed by atoms with van der Waals surface area (Å²) in [6.07, 6.45) is 1.62. The van der Waals surface area contributed by atoms with Crippen molar-refractivity contribution in [1.82, 2.24) is 10.2 Å². The number of nitrogens with one attached hydrogen (secondary N) is 2. The normalized spacial score (nSPS) is 16.8. The van der Waals surface area contributed by atoms with Gasteiger partial charge in [-0.2, -0.15) is 0 Å². The van der Waals surface area contributed by atoms with Crippen molar-refractivity contribution < 1.29 is 22.4 Å². The van der Waals surface area contributed by atoms with Gasteiger partial charge in [0.15, 0.2) is 0 Å². The second kappa shape index (κ2) is 9.47. The van der Waals surface area contributed by atoms with E-state index >= 15 is 0 Å². The molecule has 0 aromatic heterocycles. The van der Waals surface area contributed by atoms with Gasteiger partial charge in [-0.1, -0.05) is 13.8 Å². The molecule has 9 heteroatoms. The van der Waals surface area contributed by atoms with Crippen LogP contribution in [0.4, 0.5) is 10.1 Å². The number of carbonyl (C=O) groups is 2. The van der Waals surface area contributed by atoms with Crippen LogP contribution in [0.15, 0.2) is 53.4 Å². The van der Waals surface area contributed by atoms with E-state index in [-0.39, 0.29) is 28.7 Å². The van der Waals surface area contributed by atoms with Gasteiger partial charge in [-0.15, -0.1) is 0 Å². The molecule has 0 radical (unpaired) electrons. The van der Waals surface area contributed by atoms with E-state index in [9.17, 15) is 22.4 Å². The van der Waals surface area contributed by atoms with Gasteiger partial charge in [-0.25, -0.2) is 12.8 Å². The molecular formula is C22H26FN3O4S. The number of amides is 2. The fraction of sp³-hybridized carbons (Fsp3) is 0.364. The van der Waals surface area contributed by atoms with E-state index in [0.717, 1.165) is 25.0 Å². The van der Waals surface area contributed by atoms with E-state index in [4.69, 9.17) is 0 Å². The highest BCUT2D eigenvalue weighted by molar-refractivity contribution is 7.92. The molecule has 2 amide bonds. The number of hydrogen-bond donors (Lipinski definition) is 2. The Hall–Kier alpha value is -2.94. The maximum absolute atomic E-state index is 13.0. The van der Waals surface area contributed by atoms with Gasteiger partial charge in [0.2, 0.25) is 5.91 Å². The van der Waals surface area contributed by atoms with Gasteiger partial charge < -0.3 is 10.2 Å². The number of piperidine rings is 1. The molecule has 3 rings (SSSR count). The minimum atomic E-state index is -3.86. The molecule has 2 N–H and O–H groups in total. The lowest BCUT2D eigenvalue weighted by Crippen LogP contribution is -2.50. The minimum absolute atomic E-state index is 0.0305. The zero-order valence-corrected chi connectivity index (χ0v) is 18.3. The van der Waals surface area contributed by atoms with E-state index < -0.39 is 15.8 Å². The highest BCUT2D eigenvalue weighted by Crippen LogP contribution is 2.19. The van der Waals surface area contributed by atoms with Crippen molar-refractivity contribution in [3.8, 4) is 0 Å². The fourth-order valence-corrected chi connectivity index (χ4v) is 4.40. The molecule has 1 saturated heterocycles. The van der Waals surface area contributed by atoms with Crippen LogP contribution in [0.25, 0.3) is 0 Å². The van der Waals surface area contributed by atoms with Crippen molar-refractivity contribution in [1.29, 1.82) is 0 Å². The van der Waals surface area contributed by atoms with Gasteiger partial charge in [0.05, 0.1) is 4.90 Å². The highest BCUT2D eigenvalue weighted by atomic mass is 32.2. The van der Waals surface area contributed by atoms with Crippen molar-refractivity contribution in [3.63, 3.8) is 0 Å². The number of anilines is 1. The lowest BCUT2D eigenvalue weighted by molar-refractivity contribution is -0.125. The van der Waals surface area contributed by atoms with Crippen molar-refractivity contribution in [2.24, 2.45) is 5.92 Å². The Morgan fingerprint density at radius 2 is 1.71 bits per heavy atom. The molecule has 1 aliphatic heterocycles. The first-order valence-electron chi connectivity index (χ1n) is 10.1. The average Bonchev–Trinajstić information content (AvgIpc) is 2.74. The van der Waals surface area contributed by atoms with Crippen LogP contribution in [-0.2, 0) is 14.8 Å². The second-order valence-corrected chi connectivity index (χ2v) is 9.57. The van der Waals surface area contributed by atoms with Crippen molar-refractivity contribution in [2.75, 3.05) is 17.8 Å². The van der Waals surface area contributed by atoms with Gasteiger partial charge in [0, 0.05) is 36.3 Å². The molecular weight excluding hydrogens is 421 g/mol. The Morgan fingerprint density at radius 1 is 1.06 bits per heavy atom. The number of hydrogen-bond acceptors (Lipinski definition) is 4. The molecule has 0 saturated carbocycles. The molecule has 2 aromatic carbocycles. The number of sulfonamides is 1. The lowest BCUT2D eigenvalue weighted by Gasteiger charge is -2.33. The molecule has 7 nitrogen and oxygen atoms in total. The van der Waals surface area contributed by atoms with Crippen LogP contribution in [0.5, 0.6) is 0 Å². The largest absolute Gasteiger partial charge is 0.351 e. The van der Waals surface area contributed by atoms with Crippen LogP contribution >= 0.6 is 0 Å². The molecule has 1 fully saturated rings. The summed E-state index contributed by atoms with van der Waals surface area (Å²) in [6, 6.07) is 10.6. The van der Waals surface area contributed by atoms with Crippen LogP contribution < -0.4 is 10.0 Å². The molecule has 0 spiro atoms. The lowest BCUT2D eigenvalue weighted by atomic mass is 10.0. The Bertz CT molecular complexity index is 1040. The fourth-order valence-electron chi connectivity index (χ4n) is 3.34. The van der Waals surface area contributed by atoms with E-state index in [1.165, 1.54) is 24.3 Å².